The Morgan fingerprint density at radius 1 is 1.39 bits per heavy atom. The van der Waals surface area contributed by atoms with E-state index >= 15 is 0 Å². The number of aromatic nitrogens is 2. The summed E-state index contributed by atoms with van der Waals surface area (Å²) in [5.74, 6) is 0. The van der Waals surface area contributed by atoms with Gasteiger partial charge in [-0.15, -0.1) is 0 Å². The van der Waals surface area contributed by atoms with E-state index in [1.165, 1.54) is 0 Å². The van der Waals surface area contributed by atoms with Crippen LogP contribution >= 0.6 is 0 Å². The fourth-order valence-electron chi connectivity index (χ4n) is 2.51. The molecular weight excluding hydrogens is 294 g/mol. The Bertz CT molecular complexity index is 514. The molecule has 23 heavy (non-hydrogen) atoms. The van der Waals surface area contributed by atoms with Crippen molar-refractivity contribution < 1.29 is 14.6 Å². The van der Waals surface area contributed by atoms with Crippen molar-refractivity contribution in [1.29, 1.82) is 0 Å². The fourth-order valence-corrected chi connectivity index (χ4v) is 2.51. The number of aliphatic hydroxyl groups is 1. The minimum atomic E-state index is -0.532. The summed E-state index contributed by atoms with van der Waals surface area (Å²) in [6.45, 7) is 12.6. The number of carbonyl (C=O) groups is 1. The third-order valence-electron chi connectivity index (χ3n) is 3.93. The van der Waals surface area contributed by atoms with Crippen molar-refractivity contribution in [2.75, 3.05) is 13.2 Å². The summed E-state index contributed by atoms with van der Waals surface area (Å²) >= 11 is 0. The topological polar surface area (TPSA) is 76.4 Å². The zero-order valence-electron chi connectivity index (χ0n) is 15.3. The summed E-state index contributed by atoms with van der Waals surface area (Å²) in [7, 11) is 0. The standard InChI is InChI=1S/C17H31N3O3/c1-7-17(12-21,11-18-15(22)23-16(4,5)6)10-14-9-13(3)19-20(14)8-2/h9,21H,7-8,10-12H2,1-6H3,(H,18,22). The van der Waals surface area contributed by atoms with Crippen molar-refractivity contribution in [2.24, 2.45) is 5.41 Å². The molecule has 0 saturated heterocycles. The predicted octanol–water partition coefficient (Wildman–Crippen LogP) is 2.67. The van der Waals surface area contributed by atoms with E-state index in [4.69, 9.17) is 4.74 Å². The molecule has 6 heteroatoms. The second-order valence-electron chi connectivity index (χ2n) is 7.14. The Hall–Kier alpha value is -1.56. The molecule has 1 unspecified atom stereocenters. The molecule has 1 rings (SSSR count). The van der Waals surface area contributed by atoms with Gasteiger partial charge < -0.3 is 15.2 Å². The van der Waals surface area contributed by atoms with E-state index in [0.29, 0.717) is 13.0 Å². The van der Waals surface area contributed by atoms with Crippen LogP contribution in [0.15, 0.2) is 6.07 Å². The predicted molar refractivity (Wildman–Crippen MR) is 90.4 cm³/mol. The monoisotopic (exact) mass is 325 g/mol. The smallest absolute Gasteiger partial charge is 0.407 e. The number of hydrogen-bond donors (Lipinski definition) is 2. The Labute approximate surface area is 139 Å². The molecule has 0 aliphatic heterocycles. The van der Waals surface area contributed by atoms with Gasteiger partial charge in [0.1, 0.15) is 5.60 Å². The molecule has 0 aliphatic rings. The lowest BCUT2D eigenvalue weighted by Crippen LogP contribution is -2.43. The molecule has 0 aliphatic carbocycles. The number of rotatable bonds is 7. The zero-order valence-corrected chi connectivity index (χ0v) is 15.3. The van der Waals surface area contributed by atoms with E-state index in [2.05, 4.69) is 10.4 Å². The average molecular weight is 325 g/mol. The van der Waals surface area contributed by atoms with Crippen molar-refractivity contribution in [3.63, 3.8) is 0 Å². The number of ether oxygens (including phenoxy) is 1. The lowest BCUT2D eigenvalue weighted by Gasteiger charge is -2.31. The van der Waals surface area contributed by atoms with Gasteiger partial charge in [-0.2, -0.15) is 5.10 Å². The van der Waals surface area contributed by atoms with Gasteiger partial charge in [0, 0.05) is 24.2 Å². The van der Waals surface area contributed by atoms with Crippen LogP contribution in [-0.4, -0.2) is 39.7 Å². The van der Waals surface area contributed by atoms with Gasteiger partial charge in [0.05, 0.1) is 12.3 Å². The summed E-state index contributed by atoms with van der Waals surface area (Å²) in [6.07, 6.45) is 0.946. The van der Waals surface area contributed by atoms with Crippen molar-refractivity contribution in [3.8, 4) is 0 Å². The minimum Gasteiger partial charge on any atom is -0.444 e. The number of alkyl carbamates (subject to hydrolysis) is 1. The number of amides is 1. The van der Waals surface area contributed by atoms with Crippen LogP contribution in [0.1, 0.15) is 52.4 Å². The third-order valence-corrected chi connectivity index (χ3v) is 3.93. The minimum absolute atomic E-state index is 0.00671. The highest BCUT2D eigenvalue weighted by atomic mass is 16.6. The maximum atomic E-state index is 11.9. The maximum absolute atomic E-state index is 11.9. The molecule has 0 bridgehead atoms. The van der Waals surface area contributed by atoms with Crippen molar-refractivity contribution in [1.82, 2.24) is 15.1 Å². The van der Waals surface area contributed by atoms with Crippen LogP contribution in [0.5, 0.6) is 0 Å². The molecule has 0 spiro atoms. The Balaban J connectivity index is 2.80. The van der Waals surface area contributed by atoms with Crippen LogP contribution in [0.25, 0.3) is 0 Å². The summed E-state index contributed by atoms with van der Waals surface area (Å²) in [5.41, 5.74) is 1.09. The largest absolute Gasteiger partial charge is 0.444 e. The molecule has 0 radical (unpaired) electrons. The molecule has 2 N–H and O–H groups in total. The molecule has 6 nitrogen and oxygen atoms in total. The van der Waals surface area contributed by atoms with Gasteiger partial charge in [0.15, 0.2) is 0 Å². The first kappa shape index (κ1) is 19.5. The van der Waals surface area contributed by atoms with Crippen molar-refractivity contribution >= 4 is 6.09 Å². The molecule has 1 heterocycles. The first-order valence-corrected chi connectivity index (χ1v) is 8.25. The number of hydrogen-bond acceptors (Lipinski definition) is 4. The van der Waals surface area contributed by atoms with Crippen LogP contribution in [0.4, 0.5) is 4.79 Å². The first-order chi connectivity index (χ1) is 10.6. The summed E-state index contributed by atoms with van der Waals surface area (Å²) in [5, 5.41) is 17.2. The fraction of sp³-hybridized carbons (Fsp3) is 0.765. The Morgan fingerprint density at radius 3 is 2.52 bits per heavy atom. The zero-order chi connectivity index (χ0) is 17.7. The van der Waals surface area contributed by atoms with Gasteiger partial charge in [-0.25, -0.2) is 4.79 Å². The molecule has 1 aromatic heterocycles. The molecule has 0 aromatic carbocycles. The van der Waals surface area contributed by atoms with Crippen LogP contribution in [-0.2, 0) is 17.7 Å². The molecule has 132 valence electrons. The number of nitrogens with one attached hydrogen (secondary N) is 1. The van der Waals surface area contributed by atoms with Gasteiger partial charge >= 0.3 is 6.09 Å². The van der Waals surface area contributed by atoms with Gasteiger partial charge in [-0.3, -0.25) is 4.68 Å². The second-order valence-corrected chi connectivity index (χ2v) is 7.14. The van der Waals surface area contributed by atoms with Crippen molar-refractivity contribution in [2.45, 2.75) is 66.5 Å². The molecule has 1 amide bonds. The van der Waals surface area contributed by atoms with Crippen LogP contribution in [0.3, 0.4) is 0 Å². The first-order valence-electron chi connectivity index (χ1n) is 8.25. The van der Waals surface area contributed by atoms with E-state index in [1.807, 2.05) is 52.3 Å². The normalized spacial score (nSPS) is 14.4. The van der Waals surface area contributed by atoms with E-state index in [-0.39, 0.29) is 6.61 Å². The molecule has 1 aromatic rings. The van der Waals surface area contributed by atoms with Gasteiger partial charge in [0.2, 0.25) is 0 Å². The summed E-state index contributed by atoms with van der Waals surface area (Å²) < 4.78 is 7.22. The Kier molecular flexibility index (Phi) is 6.62. The van der Waals surface area contributed by atoms with E-state index in [0.717, 1.165) is 24.4 Å². The maximum Gasteiger partial charge on any atom is 0.407 e. The van der Waals surface area contributed by atoms with Crippen molar-refractivity contribution in [3.05, 3.63) is 17.5 Å². The third kappa shape index (κ3) is 5.86. The Morgan fingerprint density at radius 2 is 2.04 bits per heavy atom. The van der Waals surface area contributed by atoms with Gasteiger partial charge in [-0.05, 0) is 53.5 Å². The average Bonchev–Trinajstić information content (AvgIpc) is 2.81. The van der Waals surface area contributed by atoms with Gasteiger partial charge in [-0.1, -0.05) is 6.92 Å². The number of aryl methyl sites for hydroxylation is 2. The molecule has 0 fully saturated rings. The highest BCUT2D eigenvalue weighted by Gasteiger charge is 2.31. The van der Waals surface area contributed by atoms with E-state index in [9.17, 15) is 9.90 Å². The van der Waals surface area contributed by atoms with E-state index in [1.54, 1.807) is 0 Å². The SMILES string of the molecule is CCn1nc(C)cc1CC(CC)(CO)CNC(=O)OC(C)(C)C. The second kappa shape index (κ2) is 7.81. The number of aliphatic hydroxyl groups excluding tert-OH is 1. The lowest BCUT2D eigenvalue weighted by atomic mass is 9.81. The van der Waals surface area contributed by atoms with Crippen LogP contribution < -0.4 is 5.32 Å². The number of carbonyl (C=O) groups excluding carboxylic acids is 1. The molecule has 0 saturated carbocycles. The quantitative estimate of drug-likeness (QED) is 0.808. The lowest BCUT2D eigenvalue weighted by molar-refractivity contribution is 0.0459. The van der Waals surface area contributed by atoms with E-state index < -0.39 is 17.1 Å². The molecule has 1 atom stereocenters. The summed E-state index contributed by atoms with van der Waals surface area (Å²) in [4.78, 5) is 11.9. The summed E-state index contributed by atoms with van der Waals surface area (Å²) in [6, 6.07) is 2.04. The molecular formula is C17H31N3O3. The van der Waals surface area contributed by atoms with Crippen LogP contribution in [0, 0.1) is 12.3 Å². The number of nitrogens with zero attached hydrogens (tertiary/aromatic N) is 2. The highest BCUT2D eigenvalue weighted by molar-refractivity contribution is 5.67. The highest BCUT2D eigenvalue weighted by Crippen LogP contribution is 2.26. The van der Waals surface area contributed by atoms with Gasteiger partial charge in [0.25, 0.3) is 0 Å². The van der Waals surface area contributed by atoms with Crippen LogP contribution in [0.2, 0.25) is 0 Å².